The van der Waals surface area contributed by atoms with Crippen molar-refractivity contribution in [2.45, 2.75) is 37.0 Å². The van der Waals surface area contributed by atoms with Gasteiger partial charge < -0.3 is 0 Å². The topological polar surface area (TPSA) is 0 Å². The molecule has 0 nitrogen and oxygen atoms in total. The lowest BCUT2D eigenvalue weighted by Gasteiger charge is -2.35. The predicted octanol–water partition coefficient (Wildman–Crippen LogP) is 3.25. The third-order valence-corrected chi connectivity index (χ3v) is 7.70. The van der Waals surface area contributed by atoms with Crippen LogP contribution in [-0.4, -0.2) is 3.42 Å². The van der Waals surface area contributed by atoms with E-state index in [0.29, 0.717) is 8.84 Å². The van der Waals surface area contributed by atoms with Crippen LogP contribution < -0.4 is 0 Å². The molecular formula is C10H15I. The van der Waals surface area contributed by atoms with Crippen molar-refractivity contribution < 1.29 is 0 Å². The third kappa shape index (κ3) is 0.448. The van der Waals surface area contributed by atoms with Gasteiger partial charge in [-0.1, -0.05) is 43.4 Å². The van der Waals surface area contributed by atoms with Gasteiger partial charge in [0.25, 0.3) is 0 Å². The molecule has 4 fully saturated rings. The zero-order valence-electron chi connectivity index (χ0n) is 7.45. The number of rotatable bonds is 0. The maximum Gasteiger partial charge on any atom is 0.0284 e. The van der Waals surface area contributed by atoms with Gasteiger partial charge in [-0.05, 0) is 35.5 Å². The molecule has 0 amide bonds. The number of halogens is 1. The Labute approximate surface area is 82.3 Å². The maximum absolute atomic E-state index is 2.74. The molecule has 11 heavy (non-hydrogen) atoms. The van der Waals surface area contributed by atoms with Gasteiger partial charge in [0.05, 0.1) is 0 Å². The zero-order chi connectivity index (χ0) is 8.07. The number of hydrogen-bond acceptors (Lipinski definition) is 0. The first-order chi connectivity index (χ1) is 4.93. The highest BCUT2D eigenvalue weighted by molar-refractivity contribution is 14.1. The fourth-order valence-corrected chi connectivity index (χ4v) is 5.64. The molecule has 2 unspecified atom stereocenters. The molecule has 0 spiro atoms. The van der Waals surface area contributed by atoms with Crippen LogP contribution in [0.15, 0.2) is 0 Å². The Morgan fingerprint density at radius 1 is 1.09 bits per heavy atom. The van der Waals surface area contributed by atoms with Crippen molar-refractivity contribution in [3.05, 3.63) is 0 Å². The monoisotopic (exact) mass is 262 g/mol. The lowest BCUT2D eigenvalue weighted by Crippen LogP contribution is -2.33. The highest BCUT2D eigenvalue weighted by Crippen LogP contribution is 2.89. The van der Waals surface area contributed by atoms with E-state index >= 15 is 0 Å². The smallest absolute Gasteiger partial charge is 0.0284 e. The Bertz CT molecular complexity index is 223. The summed E-state index contributed by atoms with van der Waals surface area (Å²) in [6, 6.07) is 0. The summed E-state index contributed by atoms with van der Waals surface area (Å²) >= 11 is 2.74. The largest absolute Gasteiger partial charge is 0.0782 e. The van der Waals surface area contributed by atoms with E-state index in [2.05, 4.69) is 43.4 Å². The van der Waals surface area contributed by atoms with Gasteiger partial charge >= 0.3 is 0 Å². The van der Waals surface area contributed by atoms with Crippen LogP contribution in [0.4, 0.5) is 0 Å². The van der Waals surface area contributed by atoms with Gasteiger partial charge in [-0.2, -0.15) is 0 Å². The van der Waals surface area contributed by atoms with Crippen LogP contribution in [0.2, 0.25) is 0 Å². The second kappa shape index (κ2) is 1.42. The van der Waals surface area contributed by atoms with Gasteiger partial charge in [-0.15, -0.1) is 0 Å². The zero-order valence-corrected chi connectivity index (χ0v) is 9.60. The first-order valence-corrected chi connectivity index (χ1v) is 5.70. The van der Waals surface area contributed by atoms with Crippen molar-refractivity contribution >= 4 is 22.6 Å². The Morgan fingerprint density at radius 2 is 1.55 bits per heavy atom. The minimum Gasteiger partial charge on any atom is -0.0782 e. The average molecular weight is 262 g/mol. The Morgan fingerprint density at radius 3 is 1.64 bits per heavy atom. The van der Waals surface area contributed by atoms with Crippen LogP contribution in [0.25, 0.3) is 0 Å². The summed E-state index contributed by atoms with van der Waals surface area (Å²) in [6.07, 6.45) is 3.03. The molecule has 0 aromatic heterocycles. The molecule has 0 radical (unpaired) electrons. The molecule has 4 rings (SSSR count). The van der Waals surface area contributed by atoms with E-state index in [1.165, 1.54) is 12.8 Å². The van der Waals surface area contributed by atoms with Gasteiger partial charge in [0.15, 0.2) is 0 Å². The highest BCUT2D eigenvalue weighted by atomic mass is 127. The van der Waals surface area contributed by atoms with E-state index < -0.39 is 0 Å². The molecule has 4 saturated carbocycles. The summed E-state index contributed by atoms with van der Waals surface area (Å²) in [4.78, 5) is 0. The Kier molecular flexibility index (Phi) is 0.926. The molecule has 0 heterocycles. The van der Waals surface area contributed by atoms with Gasteiger partial charge in [0.1, 0.15) is 0 Å². The predicted molar refractivity (Wildman–Crippen MR) is 54.9 cm³/mol. The van der Waals surface area contributed by atoms with Gasteiger partial charge in [0.2, 0.25) is 0 Å². The van der Waals surface area contributed by atoms with E-state index in [9.17, 15) is 0 Å². The molecule has 0 aromatic carbocycles. The minimum atomic E-state index is 0.621. The standard InChI is InChI=1S/C10H15I/c1-8(2)9(3)6-4-10(8,11)5-7(6)9/h6-7H,4-5H2,1-3H3. The van der Waals surface area contributed by atoms with E-state index in [-0.39, 0.29) is 0 Å². The Hall–Kier alpha value is 0.730. The van der Waals surface area contributed by atoms with Crippen LogP contribution in [0.1, 0.15) is 33.6 Å². The van der Waals surface area contributed by atoms with Crippen molar-refractivity contribution in [2.24, 2.45) is 22.7 Å². The summed E-state index contributed by atoms with van der Waals surface area (Å²) < 4.78 is 0.675. The van der Waals surface area contributed by atoms with E-state index in [0.717, 1.165) is 17.3 Å². The molecule has 0 N–H and O–H groups in total. The van der Waals surface area contributed by atoms with E-state index in [1.807, 2.05) is 0 Å². The van der Waals surface area contributed by atoms with Crippen LogP contribution in [-0.2, 0) is 0 Å². The highest BCUT2D eigenvalue weighted by Gasteiger charge is 2.84. The van der Waals surface area contributed by atoms with E-state index in [4.69, 9.17) is 0 Å². The molecule has 4 aliphatic rings. The first-order valence-electron chi connectivity index (χ1n) is 4.62. The van der Waals surface area contributed by atoms with Crippen LogP contribution >= 0.6 is 22.6 Å². The molecule has 2 atom stereocenters. The fraction of sp³-hybridized carbons (Fsp3) is 1.00. The van der Waals surface area contributed by atoms with Crippen molar-refractivity contribution in [2.75, 3.05) is 0 Å². The van der Waals surface area contributed by atoms with Crippen molar-refractivity contribution in [1.82, 2.24) is 0 Å². The lowest BCUT2D eigenvalue weighted by molar-refractivity contribution is 0.229. The molecule has 62 valence electrons. The Balaban J connectivity index is 2.20. The van der Waals surface area contributed by atoms with Crippen molar-refractivity contribution in [3.63, 3.8) is 0 Å². The molecule has 0 saturated heterocycles. The molecule has 4 aliphatic carbocycles. The first kappa shape index (κ1) is 7.16. The summed E-state index contributed by atoms with van der Waals surface area (Å²) in [7, 11) is 0. The molecular weight excluding hydrogens is 247 g/mol. The van der Waals surface area contributed by atoms with Crippen molar-refractivity contribution in [3.8, 4) is 0 Å². The van der Waals surface area contributed by atoms with Crippen molar-refractivity contribution in [1.29, 1.82) is 0 Å². The maximum atomic E-state index is 2.74. The van der Waals surface area contributed by atoms with Gasteiger partial charge in [-0.25, -0.2) is 0 Å². The average Bonchev–Trinajstić information content (AvgIpc) is 2.20. The fourth-order valence-electron chi connectivity index (χ4n) is 4.11. The molecule has 0 aromatic rings. The second-order valence-corrected chi connectivity index (χ2v) is 7.56. The molecule has 0 aliphatic heterocycles. The van der Waals surface area contributed by atoms with Crippen LogP contribution in [0.5, 0.6) is 0 Å². The normalized spacial score (nSPS) is 68.7. The van der Waals surface area contributed by atoms with Gasteiger partial charge in [0, 0.05) is 3.42 Å². The minimum absolute atomic E-state index is 0.621. The van der Waals surface area contributed by atoms with Crippen LogP contribution in [0, 0.1) is 22.7 Å². The second-order valence-electron chi connectivity index (χ2n) is 5.49. The SMILES string of the molecule is CC12C3CC(I)(CC31)C2(C)C. The van der Waals surface area contributed by atoms with E-state index in [1.54, 1.807) is 0 Å². The summed E-state index contributed by atoms with van der Waals surface area (Å²) in [5.74, 6) is 2.21. The number of hydrogen-bond donors (Lipinski definition) is 0. The van der Waals surface area contributed by atoms with Gasteiger partial charge in [-0.3, -0.25) is 0 Å². The summed E-state index contributed by atoms with van der Waals surface area (Å²) in [6.45, 7) is 7.51. The summed E-state index contributed by atoms with van der Waals surface area (Å²) in [5.41, 5.74) is 1.37. The quantitative estimate of drug-likeness (QED) is 0.464. The third-order valence-electron chi connectivity index (χ3n) is 5.47. The molecule has 4 bridgehead atoms. The lowest BCUT2D eigenvalue weighted by atomic mass is 9.76. The summed E-state index contributed by atoms with van der Waals surface area (Å²) in [5, 5.41) is 0. The van der Waals surface area contributed by atoms with Crippen LogP contribution in [0.3, 0.4) is 0 Å². The number of alkyl halides is 1. The molecule has 1 heteroatoms.